The number of para-hydroxylation sites is 1. The van der Waals surface area contributed by atoms with Crippen LogP contribution in [0, 0.1) is 0 Å². The molecule has 0 saturated heterocycles. The molecule has 2 aliphatic heterocycles. The maximum atomic E-state index is 13.4. The number of methoxy groups -OCH3 is 1. The number of amidine groups is 2. The Morgan fingerprint density at radius 2 is 1.73 bits per heavy atom. The first-order valence-corrected chi connectivity index (χ1v) is 14.0. The molecule has 3 aromatic carbocycles. The third kappa shape index (κ3) is 6.40. The van der Waals surface area contributed by atoms with Crippen molar-refractivity contribution < 1.29 is 19.1 Å². The van der Waals surface area contributed by atoms with Crippen LogP contribution in [0.5, 0.6) is 5.75 Å². The zero-order valence-electron chi connectivity index (χ0n) is 22.0. The molecule has 0 aromatic heterocycles. The highest BCUT2D eigenvalue weighted by Gasteiger charge is 2.41. The highest BCUT2D eigenvalue weighted by molar-refractivity contribution is 8.14. The Labute approximate surface area is 236 Å². The van der Waals surface area contributed by atoms with E-state index in [0.29, 0.717) is 34.7 Å². The monoisotopic (exact) mass is 555 g/mol. The molecule has 9 nitrogen and oxygen atoms in total. The van der Waals surface area contributed by atoms with Crippen molar-refractivity contribution in [2.75, 3.05) is 24.7 Å². The van der Waals surface area contributed by atoms with Gasteiger partial charge in [0, 0.05) is 24.2 Å². The molecular formula is C30H29N5O4S. The fourth-order valence-electron chi connectivity index (χ4n) is 4.44. The van der Waals surface area contributed by atoms with Gasteiger partial charge in [-0.1, -0.05) is 54.2 Å². The van der Waals surface area contributed by atoms with E-state index < -0.39 is 6.04 Å². The normalized spacial score (nSPS) is 15.5. The van der Waals surface area contributed by atoms with Gasteiger partial charge in [0.1, 0.15) is 17.6 Å². The molecule has 2 aliphatic rings. The van der Waals surface area contributed by atoms with Gasteiger partial charge in [-0.15, -0.1) is 0 Å². The number of fused-ring (bicyclic) bond motifs is 3. The van der Waals surface area contributed by atoms with Crippen molar-refractivity contribution in [3.8, 4) is 5.75 Å². The van der Waals surface area contributed by atoms with Crippen molar-refractivity contribution in [3.63, 3.8) is 0 Å². The third-order valence-corrected chi connectivity index (χ3v) is 7.42. The van der Waals surface area contributed by atoms with Gasteiger partial charge in [0.25, 0.3) is 5.91 Å². The third-order valence-electron chi connectivity index (χ3n) is 6.48. The number of amides is 3. The maximum absolute atomic E-state index is 13.4. The summed E-state index contributed by atoms with van der Waals surface area (Å²) in [5, 5.41) is 6.16. The van der Waals surface area contributed by atoms with Crippen LogP contribution in [0.15, 0.2) is 88.8 Å². The molecule has 0 radical (unpaired) electrons. The SMILES string of the molecule is COc1ccc(NC(=O)CSC2=Nc3ccccc3C3=N[C@@H](CCC(=O)NCCc4ccccc4)C(=O)N23)cc1. The number of carbonyl (C=O) groups excluding carboxylic acids is 3. The Morgan fingerprint density at radius 3 is 2.50 bits per heavy atom. The summed E-state index contributed by atoms with van der Waals surface area (Å²) in [7, 11) is 1.58. The van der Waals surface area contributed by atoms with Crippen LogP contribution in [0.4, 0.5) is 11.4 Å². The lowest BCUT2D eigenvalue weighted by molar-refractivity contribution is -0.125. The first kappa shape index (κ1) is 27.1. The number of benzene rings is 3. The number of nitrogens with one attached hydrogen (secondary N) is 2. The number of hydrogen-bond donors (Lipinski definition) is 2. The number of ether oxygens (including phenoxy) is 1. The average Bonchev–Trinajstić information content (AvgIpc) is 3.32. The number of thioether (sulfide) groups is 1. The minimum Gasteiger partial charge on any atom is -0.497 e. The summed E-state index contributed by atoms with van der Waals surface area (Å²) in [6.45, 7) is 0.529. The molecule has 0 saturated carbocycles. The Kier molecular flexibility index (Phi) is 8.56. The summed E-state index contributed by atoms with van der Waals surface area (Å²) in [5.74, 6) is 0.657. The topological polar surface area (TPSA) is 112 Å². The lowest BCUT2D eigenvalue weighted by atomic mass is 10.1. The fraction of sp³-hybridized carbons (Fsp3) is 0.233. The first-order valence-electron chi connectivity index (χ1n) is 13.0. The maximum Gasteiger partial charge on any atom is 0.259 e. The number of hydrogen-bond acceptors (Lipinski definition) is 7. The van der Waals surface area contributed by atoms with Crippen LogP contribution < -0.4 is 15.4 Å². The first-order chi connectivity index (χ1) is 19.5. The van der Waals surface area contributed by atoms with Gasteiger partial charge in [-0.3, -0.25) is 19.4 Å². The van der Waals surface area contributed by atoms with E-state index in [1.165, 1.54) is 16.7 Å². The van der Waals surface area contributed by atoms with Crippen molar-refractivity contribution in [2.24, 2.45) is 9.98 Å². The summed E-state index contributed by atoms with van der Waals surface area (Å²) >= 11 is 1.17. The Morgan fingerprint density at radius 1 is 0.975 bits per heavy atom. The van der Waals surface area contributed by atoms with Gasteiger partial charge < -0.3 is 15.4 Å². The zero-order chi connectivity index (χ0) is 27.9. The molecule has 10 heteroatoms. The molecule has 0 aliphatic carbocycles. The highest BCUT2D eigenvalue weighted by Crippen LogP contribution is 2.34. The largest absolute Gasteiger partial charge is 0.497 e. The van der Waals surface area contributed by atoms with Crippen molar-refractivity contribution in [1.82, 2.24) is 10.2 Å². The molecule has 40 heavy (non-hydrogen) atoms. The van der Waals surface area contributed by atoms with Crippen molar-refractivity contribution in [3.05, 3.63) is 90.0 Å². The standard InChI is InChI=1S/C30H29N5O4S/c1-39-22-13-11-21(12-14-22)32-27(37)19-40-30-34-24-10-6-5-9-23(24)28-33-25(29(38)35(28)30)15-16-26(36)31-18-17-20-7-3-2-4-8-20/h2-14,25H,15-19H2,1H3,(H,31,36)(H,32,37)/t25-/m0/s1. The number of aliphatic imine (C=N–C) groups is 2. The molecule has 0 spiro atoms. The lowest BCUT2D eigenvalue weighted by Crippen LogP contribution is -2.41. The van der Waals surface area contributed by atoms with Gasteiger partial charge in [0.2, 0.25) is 11.8 Å². The van der Waals surface area contributed by atoms with E-state index in [1.54, 1.807) is 31.4 Å². The van der Waals surface area contributed by atoms with E-state index in [0.717, 1.165) is 17.5 Å². The van der Waals surface area contributed by atoms with E-state index in [1.807, 2.05) is 54.6 Å². The Hall–Kier alpha value is -4.44. The molecular weight excluding hydrogens is 526 g/mol. The second-order valence-electron chi connectivity index (χ2n) is 9.24. The molecule has 1 atom stereocenters. The average molecular weight is 556 g/mol. The van der Waals surface area contributed by atoms with Crippen LogP contribution in [-0.2, 0) is 20.8 Å². The number of carbonyl (C=O) groups is 3. The summed E-state index contributed by atoms with van der Waals surface area (Å²) < 4.78 is 5.15. The van der Waals surface area contributed by atoms with Gasteiger partial charge in [0.05, 0.1) is 18.6 Å². The van der Waals surface area contributed by atoms with E-state index >= 15 is 0 Å². The molecule has 5 rings (SSSR count). The Balaban J connectivity index is 1.20. The van der Waals surface area contributed by atoms with Gasteiger partial charge >= 0.3 is 0 Å². The number of nitrogens with zero attached hydrogens (tertiary/aromatic N) is 3. The number of rotatable bonds is 10. The smallest absolute Gasteiger partial charge is 0.259 e. The van der Waals surface area contributed by atoms with Gasteiger partial charge in [0.15, 0.2) is 5.17 Å². The zero-order valence-corrected chi connectivity index (χ0v) is 22.8. The quantitative estimate of drug-likeness (QED) is 0.390. The molecule has 0 fully saturated rings. The van der Waals surface area contributed by atoms with E-state index in [-0.39, 0.29) is 36.3 Å². The van der Waals surface area contributed by atoms with Gasteiger partial charge in [-0.2, -0.15) is 0 Å². The predicted octanol–water partition coefficient (Wildman–Crippen LogP) is 4.16. The molecule has 2 heterocycles. The lowest BCUT2D eigenvalue weighted by Gasteiger charge is -2.25. The Bertz CT molecular complexity index is 1460. The van der Waals surface area contributed by atoms with Crippen LogP contribution in [0.25, 0.3) is 0 Å². The van der Waals surface area contributed by atoms with Crippen LogP contribution in [-0.4, -0.2) is 59.1 Å². The summed E-state index contributed by atoms with van der Waals surface area (Å²) in [6, 6.07) is 23.7. The molecule has 3 amide bonds. The second kappa shape index (κ2) is 12.6. The van der Waals surface area contributed by atoms with Gasteiger partial charge in [-0.25, -0.2) is 9.89 Å². The van der Waals surface area contributed by atoms with Gasteiger partial charge in [-0.05, 0) is 54.8 Å². The molecule has 0 bridgehead atoms. The molecule has 0 unspecified atom stereocenters. The summed E-state index contributed by atoms with van der Waals surface area (Å²) in [4.78, 5) is 49.4. The van der Waals surface area contributed by atoms with E-state index in [9.17, 15) is 14.4 Å². The second-order valence-corrected chi connectivity index (χ2v) is 10.2. The van der Waals surface area contributed by atoms with E-state index in [4.69, 9.17) is 9.73 Å². The van der Waals surface area contributed by atoms with Crippen LogP contribution in [0.2, 0.25) is 0 Å². The van der Waals surface area contributed by atoms with Crippen molar-refractivity contribution in [1.29, 1.82) is 0 Å². The van der Waals surface area contributed by atoms with Crippen LogP contribution in [0.1, 0.15) is 24.0 Å². The fourth-order valence-corrected chi connectivity index (χ4v) is 5.24. The highest BCUT2D eigenvalue weighted by atomic mass is 32.2. The van der Waals surface area contributed by atoms with E-state index in [2.05, 4.69) is 15.6 Å². The molecule has 3 aromatic rings. The minimum atomic E-state index is -0.694. The van der Waals surface area contributed by atoms with Crippen molar-refractivity contribution >= 4 is 51.9 Å². The number of anilines is 1. The minimum absolute atomic E-state index is 0.0541. The summed E-state index contributed by atoms with van der Waals surface area (Å²) in [6.07, 6.45) is 1.21. The predicted molar refractivity (Wildman–Crippen MR) is 157 cm³/mol. The van der Waals surface area contributed by atoms with Crippen LogP contribution in [0.3, 0.4) is 0 Å². The summed E-state index contributed by atoms with van der Waals surface area (Å²) in [5.41, 5.74) is 3.22. The molecule has 204 valence electrons. The van der Waals surface area contributed by atoms with Crippen molar-refractivity contribution in [2.45, 2.75) is 25.3 Å². The molecule has 2 N–H and O–H groups in total. The van der Waals surface area contributed by atoms with Crippen LogP contribution >= 0.6 is 11.8 Å².